The molecule has 11 heteroatoms. The molecule has 1 aliphatic rings. The zero-order valence-electron chi connectivity index (χ0n) is 13.1. The Morgan fingerprint density at radius 3 is 2.56 bits per heavy atom. The van der Waals surface area contributed by atoms with Crippen LogP contribution in [0.5, 0.6) is 17.4 Å². The molecule has 0 spiro atoms. The maximum Gasteiger partial charge on any atom is 0.426 e. The topological polar surface area (TPSA) is 68.7 Å². The van der Waals surface area contributed by atoms with Crippen molar-refractivity contribution in [3.8, 4) is 17.4 Å². The van der Waals surface area contributed by atoms with Gasteiger partial charge in [-0.3, -0.25) is 4.79 Å². The van der Waals surface area contributed by atoms with E-state index < -0.39 is 30.6 Å². The van der Waals surface area contributed by atoms with Crippen molar-refractivity contribution in [2.75, 3.05) is 0 Å². The lowest BCUT2D eigenvalue weighted by Crippen LogP contribution is -2.47. The molecule has 5 nitrogen and oxygen atoms in total. The van der Waals surface area contributed by atoms with Crippen molar-refractivity contribution in [2.45, 2.75) is 18.7 Å². The minimum absolute atomic E-state index is 0.0183. The first-order chi connectivity index (χ1) is 12.6. The molecule has 0 radical (unpaired) electrons. The van der Waals surface area contributed by atoms with Gasteiger partial charge in [-0.05, 0) is 30.2 Å². The average Bonchev–Trinajstić information content (AvgIpc) is 2.56. The van der Waals surface area contributed by atoms with Gasteiger partial charge in [0, 0.05) is 6.07 Å². The Hall–Kier alpha value is -1.90. The van der Waals surface area contributed by atoms with Gasteiger partial charge in [0.1, 0.15) is 21.8 Å². The lowest BCUT2D eigenvalue weighted by atomic mass is 9.90. The summed E-state index contributed by atoms with van der Waals surface area (Å²) in [4.78, 5) is 15.1. The number of hydrogen-bond acceptors (Lipinski definition) is 4. The van der Waals surface area contributed by atoms with Gasteiger partial charge < -0.3 is 14.6 Å². The highest BCUT2D eigenvalue weighted by Crippen LogP contribution is 2.43. The number of aromatic nitrogens is 1. The molecular formula is C16H9Cl3F3NO4. The minimum atomic E-state index is -4.86. The van der Waals surface area contributed by atoms with Gasteiger partial charge in [0.2, 0.25) is 12.0 Å². The zero-order valence-corrected chi connectivity index (χ0v) is 15.3. The molecule has 1 aromatic heterocycles. The molecule has 0 saturated carbocycles. The van der Waals surface area contributed by atoms with Crippen molar-refractivity contribution in [3.63, 3.8) is 0 Å². The molecule has 0 aliphatic carbocycles. The first-order valence-electron chi connectivity index (χ1n) is 7.34. The van der Waals surface area contributed by atoms with Crippen LogP contribution in [0.15, 0.2) is 24.3 Å². The lowest BCUT2D eigenvalue weighted by Gasteiger charge is -2.32. The molecule has 0 saturated heterocycles. The second-order valence-electron chi connectivity index (χ2n) is 5.64. The maximum absolute atomic E-state index is 13.2. The van der Waals surface area contributed by atoms with E-state index in [1.54, 1.807) is 0 Å². The number of carbonyl (C=O) groups is 1. The van der Waals surface area contributed by atoms with E-state index in [0.717, 1.165) is 6.07 Å². The van der Waals surface area contributed by atoms with Gasteiger partial charge in [0.05, 0.1) is 5.02 Å². The fraction of sp³-hybridized carbons (Fsp3) is 0.250. The van der Waals surface area contributed by atoms with Crippen molar-refractivity contribution in [2.24, 2.45) is 5.92 Å². The van der Waals surface area contributed by atoms with Crippen molar-refractivity contribution in [1.29, 1.82) is 0 Å². The second-order valence-corrected chi connectivity index (χ2v) is 6.84. The Labute approximate surface area is 165 Å². The quantitative estimate of drug-likeness (QED) is 0.645. The molecule has 0 fully saturated rings. The molecular weight excluding hydrogens is 434 g/mol. The number of hydrogen-bond donors (Lipinski definition) is 1. The molecule has 1 N–H and O–H groups in total. The largest absolute Gasteiger partial charge is 0.481 e. The van der Waals surface area contributed by atoms with E-state index in [9.17, 15) is 18.0 Å². The van der Waals surface area contributed by atoms with Gasteiger partial charge in [0.15, 0.2) is 5.75 Å². The maximum atomic E-state index is 13.2. The highest BCUT2D eigenvalue weighted by atomic mass is 35.5. The lowest BCUT2D eigenvalue weighted by molar-refractivity contribution is -0.217. The third-order valence-corrected chi connectivity index (χ3v) is 4.59. The molecule has 3 rings (SSSR count). The Morgan fingerprint density at radius 2 is 1.93 bits per heavy atom. The molecule has 27 heavy (non-hydrogen) atoms. The summed E-state index contributed by atoms with van der Waals surface area (Å²) in [5.74, 6) is -3.76. The predicted molar refractivity (Wildman–Crippen MR) is 91.1 cm³/mol. The van der Waals surface area contributed by atoms with Crippen LogP contribution in [0, 0.1) is 5.92 Å². The molecule has 1 aliphatic heterocycles. The predicted octanol–water partition coefficient (Wildman–Crippen LogP) is 5.40. The van der Waals surface area contributed by atoms with Crippen molar-refractivity contribution < 1.29 is 32.5 Å². The minimum Gasteiger partial charge on any atom is -0.481 e. The Morgan fingerprint density at radius 1 is 1.22 bits per heavy atom. The van der Waals surface area contributed by atoms with Crippen LogP contribution in [-0.4, -0.2) is 28.3 Å². The number of carboxylic acid groups (broad SMARTS) is 1. The van der Waals surface area contributed by atoms with E-state index in [0.29, 0.717) is 0 Å². The van der Waals surface area contributed by atoms with E-state index in [-0.39, 0.29) is 38.1 Å². The van der Waals surface area contributed by atoms with E-state index in [1.165, 1.54) is 18.2 Å². The molecule has 0 bridgehead atoms. The zero-order chi connectivity index (χ0) is 19.9. The molecule has 2 aromatic rings. The number of halogens is 6. The molecule has 2 atom stereocenters. The fourth-order valence-electron chi connectivity index (χ4n) is 2.57. The van der Waals surface area contributed by atoms with Crippen LogP contribution >= 0.6 is 34.8 Å². The van der Waals surface area contributed by atoms with E-state index >= 15 is 0 Å². The van der Waals surface area contributed by atoms with Gasteiger partial charge >= 0.3 is 12.1 Å². The summed E-state index contributed by atoms with van der Waals surface area (Å²) in [6.07, 6.45) is -7.76. The second kappa shape index (κ2) is 7.26. The summed E-state index contributed by atoms with van der Waals surface area (Å²) in [5.41, 5.74) is 0.213. The number of pyridine rings is 1. The van der Waals surface area contributed by atoms with Crippen LogP contribution in [0.2, 0.25) is 15.2 Å². The van der Waals surface area contributed by atoms with Crippen LogP contribution in [-0.2, 0) is 11.2 Å². The third-order valence-electron chi connectivity index (χ3n) is 3.80. The molecule has 144 valence electrons. The monoisotopic (exact) mass is 441 g/mol. The van der Waals surface area contributed by atoms with Crippen molar-refractivity contribution in [1.82, 2.24) is 4.98 Å². The highest BCUT2D eigenvalue weighted by Gasteiger charge is 2.52. The Balaban J connectivity index is 1.98. The summed E-state index contributed by atoms with van der Waals surface area (Å²) in [5, 5.41) is 9.31. The summed E-state index contributed by atoms with van der Waals surface area (Å²) < 4.78 is 49.9. The summed E-state index contributed by atoms with van der Waals surface area (Å²) in [6, 6.07) is 5.26. The van der Waals surface area contributed by atoms with Gasteiger partial charge in [0.25, 0.3) is 0 Å². The summed E-state index contributed by atoms with van der Waals surface area (Å²) >= 11 is 17.8. The van der Waals surface area contributed by atoms with Crippen LogP contribution < -0.4 is 9.47 Å². The van der Waals surface area contributed by atoms with Gasteiger partial charge in [-0.15, -0.1) is 0 Å². The van der Waals surface area contributed by atoms with Crippen LogP contribution in [0.4, 0.5) is 13.2 Å². The number of rotatable bonds is 3. The van der Waals surface area contributed by atoms with E-state index in [4.69, 9.17) is 49.4 Å². The van der Waals surface area contributed by atoms with Crippen molar-refractivity contribution in [3.05, 3.63) is 45.0 Å². The number of nitrogens with zero attached hydrogens (tertiary/aromatic N) is 1. The SMILES string of the molecule is O=C(O)C1Cc2cc(Cl)c(Oc3nc(Cl)ccc3Cl)cc2OC1C(F)(F)F. The molecule has 2 unspecified atom stereocenters. The van der Waals surface area contributed by atoms with Gasteiger partial charge in [-0.2, -0.15) is 18.2 Å². The van der Waals surface area contributed by atoms with Crippen molar-refractivity contribution >= 4 is 40.8 Å². The highest BCUT2D eigenvalue weighted by molar-refractivity contribution is 6.33. The number of ether oxygens (including phenoxy) is 2. The summed E-state index contributed by atoms with van der Waals surface area (Å²) in [7, 11) is 0. The Kier molecular flexibility index (Phi) is 5.33. The first-order valence-corrected chi connectivity index (χ1v) is 8.48. The average molecular weight is 443 g/mol. The standard InChI is InChI=1S/C16H9Cl3F3NO4/c17-8-1-2-12(19)23-14(8)27-11-5-10-6(4-9(11)18)3-7(15(24)25)13(26-10)16(20,21)22/h1-2,4-5,7,13H,3H2,(H,24,25). The number of fused-ring (bicyclic) bond motifs is 1. The Bertz CT molecular complexity index is 907. The molecule has 2 heterocycles. The fourth-order valence-corrected chi connectivity index (χ4v) is 3.08. The third kappa shape index (κ3) is 4.17. The molecule has 0 amide bonds. The van der Waals surface area contributed by atoms with E-state index in [2.05, 4.69) is 4.98 Å². The number of carboxylic acids is 1. The van der Waals surface area contributed by atoms with E-state index in [1.807, 2.05) is 0 Å². The first kappa shape index (κ1) is 19.9. The van der Waals surface area contributed by atoms with Crippen LogP contribution in [0.25, 0.3) is 0 Å². The van der Waals surface area contributed by atoms with Gasteiger partial charge in [-0.1, -0.05) is 34.8 Å². The normalized spacial score (nSPS) is 19.2. The number of benzene rings is 1. The molecule has 1 aromatic carbocycles. The number of alkyl halides is 3. The van der Waals surface area contributed by atoms with Gasteiger partial charge in [-0.25, -0.2) is 0 Å². The van der Waals surface area contributed by atoms with Crippen LogP contribution in [0.1, 0.15) is 5.56 Å². The smallest absolute Gasteiger partial charge is 0.426 e. The summed E-state index contributed by atoms with van der Waals surface area (Å²) in [6.45, 7) is 0. The number of aliphatic carboxylic acids is 1. The van der Waals surface area contributed by atoms with Crippen LogP contribution in [0.3, 0.4) is 0 Å².